The number of aromatic amines is 1. The van der Waals surface area contributed by atoms with Crippen LogP contribution in [0.4, 0.5) is 0 Å². The molecule has 1 fully saturated rings. The molecule has 2 aromatic rings. The van der Waals surface area contributed by atoms with Gasteiger partial charge in [0.1, 0.15) is 5.15 Å². The van der Waals surface area contributed by atoms with Crippen molar-refractivity contribution in [2.24, 2.45) is 0 Å². The Bertz CT molecular complexity index is 758. The molecule has 1 heterocycles. The van der Waals surface area contributed by atoms with Gasteiger partial charge in [0.25, 0.3) is 5.56 Å². The van der Waals surface area contributed by atoms with Gasteiger partial charge in [-0.25, -0.2) is 4.79 Å². The molecule has 4 nitrogen and oxygen atoms in total. The van der Waals surface area contributed by atoms with Gasteiger partial charge >= 0.3 is 5.69 Å². The largest absolute Gasteiger partial charge is 0.330 e. The number of H-pyrrole nitrogens is 1. The summed E-state index contributed by atoms with van der Waals surface area (Å²) in [6, 6.07) is 9.18. The maximum atomic E-state index is 12.7. The third-order valence-electron chi connectivity index (χ3n) is 4.09. The van der Waals surface area contributed by atoms with E-state index in [1.165, 1.54) is 4.57 Å². The number of nitrogens with one attached hydrogen (secondary N) is 1. The summed E-state index contributed by atoms with van der Waals surface area (Å²) in [4.78, 5) is 27.4. The molecule has 0 unspecified atom stereocenters. The first kappa shape index (κ1) is 13.2. The Kier molecular flexibility index (Phi) is 3.05. The Morgan fingerprint density at radius 1 is 1.20 bits per heavy atom. The van der Waals surface area contributed by atoms with Crippen LogP contribution in [-0.2, 0) is 5.54 Å². The molecule has 1 aromatic heterocycles. The van der Waals surface area contributed by atoms with Crippen LogP contribution in [0.1, 0.15) is 26.2 Å². The Morgan fingerprint density at radius 2 is 1.85 bits per heavy atom. The van der Waals surface area contributed by atoms with Gasteiger partial charge in [-0.05, 0) is 31.7 Å². The van der Waals surface area contributed by atoms with Gasteiger partial charge in [0.05, 0.1) is 5.56 Å². The van der Waals surface area contributed by atoms with E-state index in [0.717, 1.165) is 24.8 Å². The Hall–Kier alpha value is -1.81. The molecule has 1 saturated carbocycles. The highest BCUT2D eigenvalue weighted by Gasteiger charge is 2.37. The van der Waals surface area contributed by atoms with Gasteiger partial charge in [-0.3, -0.25) is 14.3 Å². The van der Waals surface area contributed by atoms with Gasteiger partial charge in [0, 0.05) is 5.54 Å². The number of aromatic nitrogens is 2. The number of hydrogen-bond donors (Lipinski definition) is 1. The third-order valence-corrected chi connectivity index (χ3v) is 4.37. The van der Waals surface area contributed by atoms with Gasteiger partial charge in [-0.2, -0.15) is 0 Å². The van der Waals surface area contributed by atoms with Crippen LogP contribution in [0.25, 0.3) is 11.1 Å². The monoisotopic (exact) mass is 290 g/mol. The molecule has 20 heavy (non-hydrogen) atoms. The minimum absolute atomic E-state index is 0.102. The predicted molar refractivity (Wildman–Crippen MR) is 79.3 cm³/mol. The quantitative estimate of drug-likeness (QED) is 0.865. The second-order valence-electron chi connectivity index (χ2n) is 5.48. The van der Waals surface area contributed by atoms with E-state index in [-0.39, 0.29) is 10.7 Å². The summed E-state index contributed by atoms with van der Waals surface area (Å²) >= 11 is 6.08. The van der Waals surface area contributed by atoms with Gasteiger partial charge in [0.2, 0.25) is 0 Å². The van der Waals surface area contributed by atoms with Crippen molar-refractivity contribution in [1.82, 2.24) is 9.55 Å². The lowest BCUT2D eigenvalue weighted by atomic mass is 9.78. The number of halogens is 1. The number of rotatable bonds is 2. The van der Waals surface area contributed by atoms with Crippen LogP contribution in [-0.4, -0.2) is 9.55 Å². The summed E-state index contributed by atoms with van der Waals surface area (Å²) in [5.41, 5.74) is -0.0526. The molecule has 1 aromatic carbocycles. The van der Waals surface area contributed by atoms with Gasteiger partial charge in [-0.15, -0.1) is 0 Å². The smallest absolute Gasteiger partial charge is 0.297 e. The lowest BCUT2D eigenvalue weighted by molar-refractivity contribution is 0.156. The standard InChI is InChI=1S/C15H15ClN2O2/c1-15(8-5-9-15)18-13(19)11(12(16)17-14(18)20)10-6-3-2-4-7-10/h2-4,6-7H,5,8-9H2,1H3,(H,17,20). The summed E-state index contributed by atoms with van der Waals surface area (Å²) in [6.45, 7) is 1.94. The Labute approximate surface area is 121 Å². The molecule has 0 atom stereocenters. The molecule has 0 amide bonds. The van der Waals surface area contributed by atoms with Gasteiger partial charge < -0.3 is 0 Å². The Balaban J connectivity index is 2.30. The molecule has 3 rings (SSSR count). The zero-order valence-corrected chi connectivity index (χ0v) is 11.9. The van der Waals surface area contributed by atoms with Crippen LogP contribution in [0.15, 0.2) is 39.9 Å². The van der Waals surface area contributed by atoms with E-state index < -0.39 is 11.2 Å². The van der Waals surface area contributed by atoms with Crippen molar-refractivity contribution in [3.8, 4) is 11.1 Å². The molecular formula is C15H15ClN2O2. The van der Waals surface area contributed by atoms with Crippen molar-refractivity contribution in [3.63, 3.8) is 0 Å². The first-order chi connectivity index (χ1) is 9.53. The predicted octanol–water partition coefficient (Wildman–Crippen LogP) is 2.76. The molecule has 0 bridgehead atoms. The number of hydrogen-bond acceptors (Lipinski definition) is 2. The summed E-state index contributed by atoms with van der Waals surface area (Å²) in [7, 11) is 0. The van der Waals surface area contributed by atoms with Crippen molar-refractivity contribution in [3.05, 3.63) is 56.3 Å². The summed E-state index contributed by atoms with van der Waals surface area (Å²) < 4.78 is 1.32. The van der Waals surface area contributed by atoms with Crippen molar-refractivity contribution in [2.45, 2.75) is 31.7 Å². The molecule has 5 heteroatoms. The zero-order chi connectivity index (χ0) is 14.3. The maximum Gasteiger partial charge on any atom is 0.330 e. The van der Waals surface area contributed by atoms with E-state index in [1.54, 1.807) is 0 Å². The minimum atomic E-state index is -0.429. The summed E-state index contributed by atoms with van der Waals surface area (Å²) in [5, 5.41) is 0.102. The Morgan fingerprint density at radius 3 is 2.40 bits per heavy atom. The molecule has 104 valence electrons. The fraction of sp³-hybridized carbons (Fsp3) is 0.333. The minimum Gasteiger partial charge on any atom is -0.297 e. The number of benzene rings is 1. The fourth-order valence-corrected chi connectivity index (χ4v) is 3.04. The normalized spacial score (nSPS) is 16.7. The molecule has 0 aliphatic heterocycles. The second-order valence-corrected chi connectivity index (χ2v) is 5.85. The van der Waals surface area contributed by atoms with Crippen molar-refractivity contribution in [2.75, 3.05) is 0 Å². The first-order valence-corrected chi connectivity index (χ1v) is 7.01. The van der Waals surface area contributed by atoms with Crippen LogP contribution in [0, 0.1) is 0 Å². The zero-order valence-electron chi connectivity index (χ0n) is 11.1. The van der Waals surface area contributed by atoms with Gasteiger partial charge in [0.15, 0.2) is 0 Å². The van der Waals surface area contributed by atoms with Crippen LogP contribution in [0.3, 0.4) is 0 Å². The lowest BCUT2D eigenvalue weighted by Crippen LogP contribution is -2.51. The molecule has 1 N–H and O–H groups in total. The van der Waals surface area contributed by atoms with E-state index in [9.17, 15) is 9.59 Å². The first-order valence-electron chi connectivity index (χ1n) is 6.64. The third kappa shape index (κ3) is 1.91. The molecule has 0 radical (unpaired) electrons. The average molecular weight is 291 g/mol. The fourth-order valence-electron chi connectivity index (χ4n) is 2.77. The SMILES string of the molecule is CC1(n2c(=O)[nH]c(Cl)c(-c3ccccc3)c2=O)CCC1. The molecule has 1 aliphatic carbocycles. The van der Waals surface area contributed by atoms with Crippen molar-refractivity contribution >= 4 is 11.6 Å². The summed E-state index contributed by atoms with van der Waals surface area (Å²) in [5.74, 6) is 0. The highest BCUT2D eigenvalue weighted by atomic mass is 35.5. The topological polar surface area (TPSA) is 54.9 Å². The van der Waals surface area contributed by atoms with E-state index in [1.807, 2.05) is 37.3 Å². The number of nitrogens with zero attached hydrogens (tertiary/aromatic N) is 1. The van der Waals surface area contributed by atoms with Crippen LogP contribution in [0.2, 0.25) is 5.15 Å². The van der Waals surface area contributed by atoms with Crippen LogP contribution >= 0.6 is 11.6 Å². The van der Waals surface area contributed by atoms with Crippen LogP contribution < -0.4 is 11.2 Å². The summed E-state index contributed by atoms with van der Waals surface area (Å²) in [6.07, 6.45) is 2.71. The molecule has 0 spiro atoms. The molecule has 0 saturated heterocycles. The van der Waals surface area contributed by atoms with Crippen LogP contribution in [0.5, 0.6) is 0 Å². The van der Waals surface area contributed by atoms with E-state index in [0.29, 0.717) is 5.56 Å². The second kappa shape index (κ2) is 4.63. The molecule has 1 aliphatic rings. The van der Waals surface area contributed by atoms with E-state index in [4.69, 9.17) is 11.6 Å². The van der Waals surface area contributed by atoms with Crippen molar-refractivity contribution < 1.29 is 0 Å². The highest BCUT2D eigenvalue weighted by Crippen LogP contribution is 2.37. The van der Waals surface area contributed by atoms with Gasteiger partial charge in [-0.1, -0.05) is 41.9 Å². The van der Waals surface area contributed by atoms with Crippen molar-refractivity contribution in [1.29, 1.82) is 0 Å². The average Bonchev–Trinajstić information content (AvgIpc) is 2.37. The van der Waals surface area contributed by atoms with E-state index >= 15 is 0 Å². The lowest BCUT2D eigenvalue weighted by Gasteiger charge is -2.39. The highest BCUT2D eigenvalue weighted by molar-refractivity contribution is 6.32. The van der Waals surface area contributed by atoms with E-state index in [2.05, 4.69) is 4.98 Å². The maximum absolute atomic E-state index is 12.7. The molecular weight excluding hydrogens is 276 g/mol.